The maximum Gasteiger partial charge on any atom is 0.320 e. The summed E-state index contributed by atoms with van der Waals surface area (Å²) in [5, 5.41) is 9.71. The van der Waals surface area contributed by atoms with Gasteiger partial charge < -0.3 is 5.11 Å². The van der Waals surface area contributed by atoms with Crippen molar-refractivity contribution in [3.05, 3.63) is 28.7 Å². The van der Waals surface area contributed by atoms with Gasteiger partial charge in [-0.2, -0.15) is 0 Å². The second kappa shape index (κ2) is 5.38. The van der Waals surface area contributed by atoms with Gasteiger partial charge in [-0.25, -0.2) is 0 Å². The molecule has 0 bridgehead atoms. The number of hydrogen-bond donors (Lipinski definition) is 1. The Morgan fingerprint density at radius 2 is 1.80 bits per heavy atom. The van der Waals surface area contributed by atoms with Gasteiger partial charge in [0.05, 0.1) is 0 Å². The Balaban J connectivity index is 1.78. The summed E-state index contributed by atoms with van der Waals surface area (Å²) in [7, 11) is 0. The normalized spacial score (nSPS) is 23.2. The van der Waals surface area contributed by atoms with Crippen LogP contribution in [0.5, 0.6) is 0 Å². The maximum atomic E-state index is 11.8. The highest BCUT2D eigenvalue weighted by atomic mass is 79.9. The van der Waals surface area contributed by atoms with Crippen LogP contribution in [0.4, 0.5) is 0 Å². The van der Waals surface area contributed by atoms with Crippen molar-refractivity contribution in [2.24, 2.45) is 5.41 Å². The molecule has 0 aliphatic heterocycles. The summed E-state index contributed by atoms with van der Waals surface area (Å²) >= 11 is 5.06. The summed E-state index contributed by atoms with van der Waals surface area (Å²) in [4.78, 5) is 12.9. The van der Waals surface area contributed by atoms with Crippen molar-refractivity contribution in [2.75, 3.05) is 0 Å². The summed E-state index contributed by atoms with van der Waals surface area (Å²) in [6.07, 6.45) is 7.98. The van der Waals surface area contributed by atoms with Gasteiger partial charge in [-0.3, -0.25) is 4.79 Å². The first kappa shape index (κ1) is 14.5. The van der Waals surface area contributed by atoms with Gasteiger partial charge in [-0.15, -0.1) is 11.8 Å². The fourth-order valence-electron chi connectivity index (χ4n) is 3.82. The molecule has 2 aliphatic rings. The van der Waals surface area contributed by atoms with Crippen molar-refractivity contribution < 1.29 is 9.90 Å². The lowest BCUT2D eigenvalue weighted by atomic mass is 9.55. The average molecular weight is 355 g/mol. The summed E-state index contributed by atoms with van der Waals surface area (Å²) in [6.45, 7) is 0. The minimum Gasteiger partial charge on any atom is -0.480 e. The van der Waals surface area contributed by atoms with Crippen molar-refractivity contribution >= 4 is 33.7 Å². The molecule has 2 fully saturated rings. The van der Waals surface area contributed by atoms with E-state index >= 15 is 0 Å². The van der Waals surface area contributed by atoms with Crippen LogP contribution in [-0.4, -0.2) is 15.8 Å². The van der Waals surface area contributed by atoms with Crippen molar-refractivity contribution in [1.82, 2.24) is 0 Å². The Morgan fingerprint density at radius 1 is 1.15 bits per heavy atom. The smallest absolute Gasteiger partial charge is 0.320 e. The quantitative estimate of drug-likeness (QED) is 0.819. The van der Waals surface area contributed by atoms with Gasteiger partial charge in [0.15, 0.2) is 0 Å². The zero-order chi connectivity index (χ0) is 14.2. The number of aliphatic carboxylic acids is 1. The van der Waals surface area contributed by atoms with E-state index in [1.54, 1.807) is 0 Å². The van der Waals surface area contributed by atoms with E-state index in [0.717, 1.165) is 22.2 Å². The number of hydrogen-bond acceptors (Lipinski definition) is 2. The monoisotopic (exact) mass is 354 g/mol. The van der Waals surface area contributed by atoms with Crippen LogP contribution < -0.4 is 0 Å². The van der Waals surface area contributed by atoms with Gasteiger partial charge in [0.2, 0.25) is 0 Å². The fourth-order valence-corrected chi connectivity index (χ4v) is 5.92. The highest BCUT2D eigenvalue weighted by Crippen LogP contribution is 2.63. The van der Waals surface area contributed by atoms with E-state index in [4.69, 9.17) is 0 Å². The van der Waals surface area contributed by atoms with Crippen molar-refractivity contribution in [3.8, 4) is 0 Å². The number of benzene rings is 1. The number of carbonyl (C=O) groups is 1. The molecule has 2 aliphatic carbocycles. The number of halogens is 1. The van der Waals surface area contributed by atoms with Crippen LogP contribution in [0.15, 0.2) is 33.6 Å². The van der Waals surface area contributed by atoms with Gasteiger partial charge in [0.1, 0.15) is 4.75 Å². The van der Waals surface area contributed by atoms with Crippen LogP contribution in [0.3, 0.4) is 0 Å². The Labute approximate surface area is 132 Å². The van der Waals surface area contributed by atoms with E-state index in [2.05, 4.69) is 15.9 Å². The van der Waals surface area contributed by atoms with Crippen molar-refractivity contribution in [2.45, 2.75) is 54.6 Å². The number of carboxylic acids is 1. The van der Waals surface area contributed by atoms with E-state index in [-0.39, 0.29) is 0 Å². The Kier molecular flexibility index (Phi) is 3.89. The molecule has 0 amide bonds. The zero-order valence-electron chi connectivity index (χ0n) is 11.4. The van der Waals surface area contributed by atoms with Crippen LogP contribution in [0.1, 0.15) is 44.9 Å². The number of carboxylic acid groups (broad SMARTS) is 1. The first-order valence-electron chi connectivity index (χ1n) is 7.22. The SMILES string of the molecule is O=C(O)C1(Sc2ccccc2Br)CC2(CCCCC2)C1. The molecule has 3 rings (SSSR count). The van der Waals surface area contributed by atoms with E-state index in [9.17, 15) is 9.90 Å². The number of thioether (sulfide) groups is 1. The van der Waals surface area contributed by atoms with Crippen LogP contribution in [0.25, 0.3) is 0 Å². The fraction of sp³-hybridized carbons (Fsp3) is 0.562. The van der Waals surface area contributed by atoms with Gasteiger partial charge in [0, 0.05) is 9.37 Å². The topological polar surface area (TPSA) is 37.3 Å². The highest BCUT2D eigenvalue weighted by molar-refractivity contribution is 9.10. The van der Waals surface area contributed by atoms with Crippen LogP contribution in [0.2, 0.25) is 0 Å². The lowest BCUT2D eigenvalue weighted by Gasteiger charge is -2.55. The molecule has 2 nitrogen and oxygen atoms in total. The molecule has 4 heteroatoms. The molecule has 20 heavy (non-hydrogen) atoms. The molecule has 0 saturated heterocycles. The third-order valence-electron chi connectivity index (χ3n) is 4.77. The summed E-state index contributed by atoms with van der Waals surface area (Å²) in [5.41, 5.74) is 0.324. The Hall–Kier alpha value is -0.480. The minimum absolute atomic E-state index is 0.324. The van der Waals surface area contributed by atoms with Crippen molar-refractivity contribution in [1.29, 1.82) is 0 Å². The third-order valence-corrected chi connectivity index (χ3v) is 7.15. The maximum absolute atomic E-state index is 11.8. The molecule has 1 aromatic carbocycles. The average Bonchev–Trinajstić information content (AvgIpc) is 2.40. The van der Waals surface area contributed by atoms with Crippen molar-refractivity contribution in [3.63, 3.8) is 0 Å². The van der Waals surface area contributed by atoms with Gasteiger partial charge in [-0.05, 0) is 59.2 Å². The van der Waals surface area contributed by atoms with E-state index in [1.165, 1.54) is 43.9 Å². The molecule has 1 spiro atoms. The second-order valence-corrected chi connectivity index (χ2v) is 8.53. The van der Waals surface area contributed by atoms with E-state index < -0.39 is 10.7 Å². The highest BCUT2D eigenvalue weighted by Gasteiger charge is 2.59. The van der Waals surface area contributed by atoms with Crippen LogP contribution >= 0.6 is 27.7 Å². The third kappa shape index (κ3) is 2.52. The summed E-state index contributed by atoms with van der Waals surface area (Å²) in [6, 6.07) is 7.92. The van der Waals surface area contributed by atoms with Gasteiger partial charge >= 0.3 is 5.97 Å². The van der Waals surface area contributed by atoms with Crippen LogP contribution in [-0.2, 0) is 4.79 Å². The lowest BCUT2D eigenvalue weighted by molar-refractivity contribution is -0.147. The predicted molar refractivity (Wildman–Crippen MR) is 85.1 cm³/mol. The summed E-state index contributed by atoms with van der Waals surface area (Å²) < 4.78 is 0.386. The molecule has 2 saturated carbocycles. The van der Waals surface area contributed by atoms with E-state index in [0.29, 0.717) is 5.41 Å². The molecular formula is C16H19BrO2S. The molecule has 1 N–H and O–H groups in total. The molecule has 0 aromatic heterocycles. The van der Waals surface area contributed by atoms with E-state index in [1.807, 2.05) is 24.3 Å². The molecule has 0 atom stereocenters. The Bertz CT molecular complexity index is 515. The molecule has 0 unspecified atom stereocenters. The Morgan fingerprint density at radius 3 is 2.40 bits per heavy atom. The van der Waals surface area contributed by atoms with Gasteiger partial charge in [0.25, 0.3) is 0 Å². The number of rotatable bonds is 3. The predicted octanol–water partition coefficient (Wildman–Crippen LogP) is 5.11. The molecule has 0 heterocycles. The first-order chi connectivity index (χ1) is 9.55. The van der Waals surface area contributed by atoms with Crippen LogP contribution in [0, 0.1) is 5.41 Å². The molecule has 1 aromatic rings. The summed E-state index contributed by atoms with van der Waals surface area (Å²) in [5.74, 6) is -0.644. The first-order valence-corrected chi connectivity index (χ1v) is 8.83. The zero-order valence-corrected chi connectivity index (χ0v) is 13.8. The minimum atomic E-state index is -0.644. The largest absolute Gasteiger partial charge is 0.480 e. The second-order valence-electron chi connectivity index (χ2n) is 6.25. The van der Waals surface area contributed by atoms with Gasteiger partial charge in [-0.1, -0.05) is 31.4 Å². The lowest BCUT2D eigenvalue weighted by Crippen LogP contribution is -2.55. The molecular weight excluding hydrogens is 336 g/mol. The molecule has 108 valence electrons. The molecule has 0 radical (unpaired) electrons. The standard InChI is InChI=1S/C16H19BrO2S/c17-12-6-2-3-7-13(12)20-16(14(18)19)10-15(11-16)8-4-1-5-9-15/h2-3,6-7H,1,4-5,8-11H2,(H,18,19).